The van der Waals surface area contributed by atoms with Crippen LogP contribution in [0.25, 0.3) is 22.3 Å². The summed E-state index contributed by atoms with van der Waals surface area (Å²) in [6.45, 7) is 0.488. The van der Waals surface area contributed by atoms with Crippen molar-refractivity contribution in [1.29, 1.82) is 0 Å². The van der Waals surface area contributed by atoms with Crippen LogP contribution in [-0.4, -0.2) is 31.7 Å². The van der Waals surface area contributed by atoms with E-state index in [1.165, 1.54) is 11.8 Å². The summed E-state index contributed by atoms with van der Waals surface area (Å²) in [6, 6.07) is 27.5. The number of benzene rings is 3. The first-order chi connectivity index (χ1) is 15.3. The maximum atomic E-state index is 12.4. The predicted molar refractivity (Wildman–Crippen MR) is 125 cm³/mol. The SMILES string of the molecule is O=C1CS/C(=N\Nc2nc3ccccc3nc2-c2ccccc2)N1Cc1ccccc1. The maximum absolute atomic E-state index is 12.4. The van der Waals surface area contributed by atoms with Crippen LogP contribution >= 0.6 is 11.8 Å². The van der Waals surface area contributed by atoms with Crippen molar-refractivity contribution in [3.63, 3.8) is 0 Å². The minimum Gasteiger partial charge on any atom is -0.285 e. The van der Waals surface area contributed by atoms with Crippen LogP contribution in [0.5, 0.6) is 0 Å². The first-order valence-corrected chi connectivity index (χ1v) is 10.9. The molecule has 1 N–H and O–H groups in total. The Balaban J connectivity index is 1.49. The highest BCUT2D eigenvalue weighted by atomic mass is 32.2. The Kier molecular flexibility index (Phi) is 5.33. The summed E-state index contributed by atoms with van der Waals surface area (Å²) in [7, 11) is 0. The summed E-state index contributed by atoms with van der Waals surface area (Å²) in [5, 5.41) is 5.17. The van der Waals surface area contributed by atoms with E-state index in [0.29, 0.717) is 29.0 Å². The molecular formula is C24H19N5OS. The molecule has 0 unspecified atom stereocenters. The van der Waals surface area contributed by atoms with Gasteiger partial charge in [-0.15, -0.1) is 5.10 Å². The van der Waals surface area contributed by atoms with Crippen molar-refractivity contribution in [1.82, 2.24) is 14.9 Å². The second-order valence-electron chi connectivity index (χ2n) is 7.04. The number of para-hydroxylation sites is 2. The molecule has 2 heterocycles. The number of nitrogens with one attached hydrogen (secondary N) is 1. The van der Waals surface area contributed by atoms with Crippen molar-refractivity contribution in [2.24, 2.45) is 5.10 Å². The fraction of sp³-hybridized carbons (Fsp3) is 0.0833. The zero-order chi connectivity index (χ0) is 21.0. The molecule has 4 aromatic rings. The lowest BCUT2D eigenvalue weighted by atomic mass is 10.1. The number of fused-ring (bicyclic) bond motifs is 1. The van der Waals surface area contributed by atoms with E-state index in [1.54, 1.807) is 4.90 Å². The maximum Gasteiger partial charge on any atom is 0.239 e. The minimum absolute atomic E-state index is 0.0438. The molecule has 0 spiro atoms. The third-order valence-electron chi connectivity index (χ3n) is 4.92. The predicted octanol–water partition coefficient (Wildman–Crippen LogP) is 4.76. The Labute approximate surface area is 184 Å². The van der Waals surface area contributed by atoms with Crippen molar-refractivity contribution in [2.45, 2.75) is 6.54 Å². The van der Waals surface area contributed by atoms with Gasteiger partial charge in [0.15, 0.2) is 11.0 Å². The number of hydrazone groups is 1. The van der Waals surface area contributed by atoms with Crippen LogP contribution in [0.1, 0.15) is 5.56 Å². The number of nitrogens with zero attached hydrogens (tertiary/aromatic N) is 4. The highest BCUT2D eigenvalue weighted by Crippen LogP contribution is 2.28. The Morgan fingerprint density at radius 2 is 1.52 bits per heavy atom. The van der Waals surface area contributed by atoms with Crippen molar-refractivity contribution in [3.8, 4) is 11.3 Å². The second-order valence-corrected chi connectivity index (χ2v) is 7.98. The van der Waals surface area contributed by atoms with Gasteiger partial charge in [-0.2, -0.15) is 0 Å². The van der Waals surface area contributed by atoms with Gasteiger partial charge in [0.2, 0.25) is 5.91 Å². The van der Waals surface area contributed by atoms with E-state index in [1.807, 2.05) is 84.9 Å². The summed E-state index contributed by atoms with van der Waals surface area (Å²) in [5.74, 6) is 0.974. The summed E-state index contributed by atoms with van der Waals surface area (Å²) in [4.78, 5) is 23.7. The summed E-state index contributed by atoms with van der Waals surface area (Å²) < 4.78 is 0. The van der Waals surface area contributed by atoms with Crippen molar-refractivity contribution >= 4 is 39.7 Å². The van der Waals surface area contributed by atoms with E-state index >= 15 is 0 Å². The van der Waals surface area contributed by atoms with Crippen molar-refractivity contribution < 1.29 is 4.79 Å². The monoisotopic (exact) mass is 425 g/mol. The van der Waals surface area contributed by atoms with Crippen LogP contribution in [0, 0.1) is 0 Å². The van der Waals surface area contributed by atoms with E-state index in [0.717, 1.165) is 22.2 Å². The molecule has 3 aromatic carbocycles. The number of amidine groups is 1. The van der Waals surface area contributed by atoms with Crippen LogP contribution in [0.15, 0.2) is 90.0 Å². The number of rotatable bonds is 5. The molecule has 0 saturated carbocycles. The molecular weight excluding hydrogens is 406 g/mol. The molecule has 7 heteroatoms. The number of anilines is 1. The average Bonchev–Trinajstić information content (AvgIpc) is 3.17. The quantitative estimate of drug-likeness (QED) is 0.467. The van der Waals surface area contributed by atoms with Gasteiger partial charge in [-0.1, -0.05) is 84.6 Å². The molecule has 1 fully saturated rings. The zero-order valence-electron chi connectivity index (χ0n) is 16.6. The van der Waals surface area contributed by atoms with Gasteiger partial charge in [-0.3, -0.25) is 15.1 Å². The number of hydrogen-bond donors (Lipinski definition) is 1. The van der Waals surface area contributed by atoms with Gasteiger partial charge in [-0.05, 0) is 17.7 Å². The van der Waals surface area contributed by atoms with Crippen LogP contribution in [-0.2, 0) is 11.3 Å². The number of carbonyl (C=O) groups excluding carboxylic acids is 1. The summed E-state index contributed by atoms with van der Waals surface area (Å²) >= 11 is 1.42. The summed E-state index contributed by atoms with van der Waals surface area (Å²) in [5.41, 5.74) is 7.39. The van der Waals surface area contributed by atoms with Crippen LogP contribution < -0.4 is 5.43 Å². The number of hydrogen-bond acceptors (Lipinski definition) is 6. The molecule has 1 saturated heterocycles. The van der Waals surface area contributed by atoms with E-state index in [9.17, 15) is 4.79 Å². The van der Waals surface area contributed by atoms with Gasteiger partial charge in [0.05, 0.1) is 23.3 Å². The lowest BCUT2D eigenvalue weighted by Crippen LogP contribution is -2.29. The number of aromatic nitrogens is 2. The van der Waals surface area contributed by atoms with Crippen LogP contribution in [0.3, 0.4) is 0 Å². The zero-order valence-corrected chi connectivity index (χ0v) is 17.4. The first kappa shape index (κ1) is 19.3. The number of carbonyl (C=O) groups is 1. The molecule has 0 radical (unpaired) electrons. The van der Waals surface area contributed by atoms with Crippen LogP contribution in [0.2, 0.25) is 0 Å². The molecule has 0 bridgehead atoms. The Bertz CT molecular complexity index is 1260. The van der Waals surface area contributed by atoms with E-state index < -0.39 is 0 Å². The van der Waals surface area contributed by atoms with Gasteiger partial charge in [0.25, 0.3) is 0 Å². The minimum atomic E-state index is 0.0438. The largest absolute Gasteiger partial charge is 0.285 e. The Morgan fingerprint density at radius 3 is 2.26 bits per heavy atom. The Hall–Kier alpha value is -3.71. The fourth-order valence-corrected chi connectivity index (χ4v) is 4.22. The van der Waals surface area contributed by atoms with Gasteiger partial charge in [-0.25, -0.2) is 9.97 Å². The smallest absolute Gasteiger partial charge is 0.239 e. The third-order valence-corrected chi connectivity index (χ3v) is 5.88. The van der Waals surface area contributed by atoms with Gasteiger partial charge >= 0.3 is 0 Å². The average molecular weight is 426 g/mol. The lowest BCUT2D eigenvalue weighted by Gasteiger charge is -2.16. The molecule has 1 aliphatic heterocycles. The summed E-state index contributed by atoms with van der Waals surface area (Å²) in [6.07, 6.45) is 0. The number of thioether (sulfide) groups is 1. The second kappa shape index (κ2) is 8.57. The van der Waals surface area contributed by atoms with Crippen LogP contribution in [0.4, 0.5) is 5.82 Å². The van der Waals surface area contributed by atoms with Gasteiger partial charge in [0.1, 0.15) is 5.69 Å². The standard InChI is InChI=1S/C24H19N5OS/c30-21-16-31-24(29(21)15-17-9-3-1-4-10-17)28-27-23-22(18-11-5-2-6-12-18)25-19-13-7-8-14-20(19)26-23/h1-14H,15-16H2,(H,26,27)/b28-24-. The van der Waals surface area contributed by atoms with E-state index in [2.05, 4.69) is 10.5 Å². The molecule has 1 aromatic heterocycles. The molecule has 1 aliphatic rings. The topological polar surface area (TPSA) is 70.5 Å². The molecule has 1 amide bonds. The first-order valence-electron chi connectivity index (χ1n) is 9.91. The van der Waals surface area contributed by atoms with Crippen molar-refractivity contribution in [3.05, 3.63) is 90.5 Å². The molecule has 31 heavy (non-hydrogen) atoms. The fourth-order valence-electron chi connectivity index (χ4n) is 3.38. The number of amides is 1. The normalized spacial score (nSPS) is 15.0. The Morgan fingerprint density at radius 1 is 0.871 bits per heavy atom. The highest BCUT2D eigenvalue weighted by Gasteiger charge is 2.28. The molecule has 0 aliphatic carbocycles. The molecule has 0 atom stereocenters. The molecule has 5 rings (SSSR count). The highest BCUT2D eigenvalue weighted by molar-refractivity contribution is 8.15. The molecule has 152 valence electrons. The van der Waals surface area contributed by atoms with E-state index in [4.69, 9.17) is 9.97 Å². The van der Waals surface area contributed by atoms with Crippen molar-refractivity contribution in [2.75, 3.05) is 11.2 Å². The van der Waals surface area contributed by atoms with Gasteiger partial charge < -0.3 is 0 Å². The van der Waals surface area contributed by atoms with Gasteiger partial charge in [0, 0.05) is 5.56 Å². The molecule has 6 nitrogen and oxygen atoms in total. The lowest BCUT2D eigenvalue weighted by molar-refractivity contribution is -0.124. The third kappa shape index (κ3) is 4.13. The van der Waals surface area contributed by atoms with E-state index in [-0.39, 0.29) is 5.91 Å².